The van der Waals surface area contributed by atoms with Crippen molar-refractivity contribution in [3.8, 4) is 11.5 Å². The molecular weight excluding hydrogens is 423 g/mol. The lowest BCUT2D eigenvalue weighted by Gasteiger charge is -2.22. The minimum Gasteiger partial charge on any atom is -0.408 e. The Labute approximate surface area is 190 Å². The molecule has 3 nitrogen and oxygen atoms in total. The molecule has 0 saturated heterocycles. The van der Waals surface area contributed by atoms with Crippen molar-refractivity contribution in [2.75, 3.05) is 0 Å². The van der Waals surface area contributed by atoms with Crippen LogP contribution in [0.2, 0.25) is 0 Å². The zero-order valence-electron chi connectivity index (χ0n) is 18.3. The van der Waals surface area contributed by atoms with Crippen LogP contribution in [0.15, 0.2) is 83.8 Å². The Bertz CT molecular complexity index is 931. The summed E-state index contributed by atoms with van der Waals surface area (Å²) >= 11 is 1.15. The van der Waals surface area contributed by atoms with E-state index in [9.17, 15) is 4.57 Å². The summed E-state index contributed by atoms with van der Waals surface area (Å²) in [5, 5.41) is 0. The molecule has 5 heteroatoms. The normalized spacial score (nSPS) is 12.8. The first-order valence-corrected chi connectivity index (χ1v) is 14.0. The Balaban J connectivity index is 1.95. The first-order chi connectivity index (χ1) is 15.1. The fraction of sp³-hybridized carbons (Fsp3) is 0.308. The molecule has 0 spiro atoms. The van der Waals surface area contributed by atoms with Crippen LogP contribution >= 0.6 is 18.2 Å². The van der Waals surface area contributed by atoms with E-state index in [1.165, 1.54) is 5.56 Å². The second kappa shape index (κ2) is 12.0. The van der Waals surface area contributed by atoms with Gasteiger partial charge in [0.05, 0.1) is 0 Å². The van der Waals surface area contributed by atoms with E-state index in [4.69, 9.17) is 9.05 Å². The fourth-order valence-corrected chi connectivity index (χ4v) is 6.64. The Morgan fingerprint density at radius 1 is 0.742 bits per heavy atom. The standard InChI is InChI=1S/C26H31O3PS/c1-3-5-14-22-15-13-21-26(25(22)20-6-4-2)29-30(27,28-23-16-9-7-10-17-23)31-24-18-11-8-12-19-24/h7-13,15-19,21H,3-6,14,20H2,1-2H3. The Hall–Kier alpha value is -2.16. The van der Waals surface area contributed by atoms with Crippen molar-refractivity contribution in [1.82, 2.24) is 0 Å². The Morgan fingerprint density at radius 2 is 1.39 bits per heavy atom. The molecule has 0 aliphatic carbocycles. The molecular formula is C26H31O3PS. The maximum atomic E-state index is 14.0. The molecule has 0 aromatic heterocycles. The van der Waals surface area contributed by atoms with E-state index < -0.39 is 6.80 Å². The third kappa shape index (κ3) is 7.19. The minimum absolute atomic E-state index is 0.534. The Kier molecular flexibility index (Phi) is 9.12. The molecule has 0 aliphatic rings. The SMILES string of the molecule is CCCCc1cccc(OP(=O)(Oc2ccccc2)Sc2ccccc2)c1CCCC. The molecule has 164 valence electrons. The van der Waals surface area contributed by atoms with Gasteiger partial charge >= 0.3 is 6.80 Å². The van der Waals surface area contributed by atoms with Gasteiger partial charge in [-0.05, 0) is 67.1 Å². The number of benzene rings is 3. The predicted octanol–water partition coefficient (Wildman–Crippen LogP) is 8.73. The van der Waals surface area contributed by atoms with Crippen LogP contribution in [0.1, 0.15) is 50.7 Å². The number of rotatable bonds is 12. The van der Waals surface area contributed by atoms with Gasteiger partial charge in [0.1, 0.15) is 11.5 Å². The van der Waals surface area contributed by atoms with Gasteiger partial charge in [-0.3, -0.25) is 0 Å². The van der Waals surface area contributed by atoms with Gasteiger partial charge in [-0.15, -0.1) is 0 Å². The third-order valence-corrected chi connectivity index (χ3v) is 8.25. The lowest BCUT2D eigenvalue weighted by molar-refractivity contribution is 0.405. The summed E-state index contributed by atoms with van der Waals surface area (Å²) in [5.41, 5.74) is 2.44. The minimum atomic E-state index is -3.57. The highest BCUT2D eigenvalue weighted by molar-refractivity contribution is 8.55. The van der Waals surface area contributed by atoms with Crippen LogP contribution < -0.4 is 9.05 Å². The molecule has 0 radical (unpaired) electrons. The zero-order chi connectivity index (χ0) is 21.9. The van der Waals surface area contributed by atoms with Crippen molar-refractivity contribution in [2.45, 2.75) is 57.3 Å². The summed E-state index contributed by atoms with van der Waals surface area (Å²) in [6.07, 6.45) is 6.33. The average Bonchev–Trinajstić information content (AvgIpc) is 2.78. The van der Waals surface area contributed by atoms with Crippen LogP contribution in [0.4, 0.5) is 0 Å². The molecule has 0 bridgehead atoms. The molecule has 0 fully saturated rings. The molecule has 0 amide bonds. The maximum absolute atomic E-state index is 14.0. The van der Waals surface area contributed by atoms with E-state index >= 15 is 0 Å². The monoisotopic (exact) mass is 454 g/mol. The smallest absolute Gasteiger partial charge is 0.408 e. The first-order valence-electron chi connectivity index (χ1n) is 11.0. The molecule has 3 aromatic carbocycles. The molecule has 1 atom stereocenters. The van der Waals surface area contributed by atoms with Crippen LogP contribution in [0.25, 0.3) is 0 Å². The number of unbranched alkanes of at least 4 members (excludes halogenated alkanes) is 2. The number of aryl methyl sites for hydroxylation is 1. The van der Waals surface area contributed by atoms with Crippen molar-refractivity contribution in [1.29, 1.82) is 0 Å². The summed E-state index contributed by atoms with van der Waals surface area (Å²) in [4.78, 5) is 0.846. The van der Waals surface area contributed by atoms with E-state index in [-0.39, 0.29) is 0 Å². The largest absolute Gasteiger partial charge is 0.497 e. The molecule has 0 aliphatic heterocycles. The number of hydrogen-bond donors (Lipinski definition) is 0. The molecule has 0 saturated carbocycles. The summed E-state index contributed by atoms with van der Waals surface area (Å²) in [6.45, 7) is 0.810. The topological polar surface area (TPSA) is 35.5 Å². The van der Waals surface area contributed by atoms with Gasteiger partial charge < -0.3 is 9.05 Å². The molecule has 1 unspecified atom stereocenters. The van der Waals surface area contributed by atoms with Crippen molar-refractivity contribution >= 4 is 18.2 Å². The highest BCUT2D eigenvalue weighted by Crippen LogP contribution is 2.63. The van der Waals surface area contributed by atoms with Crippen LogP contribution in [0, 0.1) is 0 Å². The van der Waals surface area contributed by atoms with Gasteiger partial charge in [-0.25, -0.2) is 4.57 Å². The summed E-state index contributed by atoms with van der Waals surface area (Å²) < 4.78 is 26.2. The van der Waals surface area contributed by atoms with Crippen molar-refractivity contribution < 1.29 is 13.6 Å². The highest BCUT2D eigenvalue weighted by Gasteiger charge is 2.32. The van der Waals surface area contributed by atoms with Crippen LogP contribution in [-0.4, -0.2) is 0 Å². The van der Waals surface area contributed by atoms with Crippen LogP contribution in [0.3, 0.4) is 0 Å². The van der Waals surface area contributed by atoms with Crippen molar-refractivity contribution in [3.63, 3.8) is 0 Å². The molecule has 31 heavy (non-hydrogen) atoms. The lowest BCUT2D eigenvalue weighted by Crippen LogP contribution is -2.03. The van der Waals surface area contributed by atoms with Gasteiger partial charge in [0.2, 0.25) is 0 Å². The van der Waals surface area contributed by atoms with Gasteiger partial charge in [0.25, 0.3) is 0 Å². The van der Waals surface area contributed by atoms with Gasteiger partial charge in [0.15, 0.2) is 0 Å². The lowest BCUT2D eigenvalue weighted by atomic mass is 9.97. The summed E-state index contributed by atoms with van der Waals surface area (Å²) in [7, 11) is 0. The van der Waals surface area contributed by atoms with Gasteiger partial charge in [-0.1, -0.05) is 75.2 Å². The summed E-state index contributed by atoms with van der Waals surface area (Å²) in [6, 6.07) is 25.0. The predicted molar refractivity (Wildman–Crippen MR) is 131 cm³/mol. The first kappa shape index (κ1) is 23.5. The third-order valence-electron chi connectivity index (χ3n) is 4.94. The quantitative estimate of drug-likeness (QED) is 0.256. The van der Waals surface area contributed by atoms with E-state index in [1.807, 2.05) is 60.7 Å². The van der Waals surface area contributed by atoms with Crippen LogP contribution in [0.5, 0.6) is 11.5 Å². The van der Waals surface area contributed by atoms with Gasteiger partial charge in [-0.2, -0.15) is 0 Å². The van der Waals surface area contributed by atoms with E-state index in [0.717, 1.165) is 60.4 Å². The second-order valence-corrected chi connectivity index (χ2v) is 11.3. The zero-order valence-corrected chi connectivity index (χ0v) is 20.0. The second-order valence-electron chi connectivity index (χ2n) is 7.45. The number of para-hydroxylation sites is 1. The summed E-state index contributed by atoms with van der Waals surface area (Å²) in [5.74, 6) is 1.20. The van der Waals surface area contributed by atoms with Gasteiger partial charge in [0, 0.05) is 16.3 Å². The molecule has 3 rings (SSSR count). The molecule has 3 aromatic rings. The molecule has 0 N–H and O–H groups in total. The Morgan fingerprint density at radius 3 is 2.06 bits per heavy atom. The van der Waals surface area contributed by atoms with Crippen molar-refractivity contribution in [3.05, 3.63) is 90.0 Å². The fourth-order valence-electron chi connectivity index (χ4n) is 3.33. The average molecular weight is 455 g/mol. The van der Waals surface area contributed by atoms with E-state index in [0.29, 0.717) is 11.5 Å². The van der Waals surface area contributed by atoms with Crippen molar-refractivity contribution in [2.24, 2.45) is 0 Å². The maximum Gasteiger partial charge on any atom is 0.497 e. The van der Waals surface area contributed by atoms with E-state index in [2.05, 4.69) is 19.9 Å². The van der Waals surface area contributed by atoms with E-state index in [1.54, 1.807) is 12.1 Å². The van der Waals surface area contributed by atoms with Crippen LogP contribution in [-0.2, 0) is 17.4 Å². The number of hydrogen-bond acceptors (Lipinski definition) is 4. The highest BCUT2D eigenvalue weighted by atomic mass is 32.7. The molecule has 0 heterocycles.